The van der Waals surface area contributed by atoms with Crippen LogP contribution < -0.4 is 4.90 Å². The molecule has 0 amide bonds. The topological polar surface area (TPSA) is 38.8 Å². The number of fused-ring (bicyclic) bond motifs is 3. The second-order valence-corrected chi connectivity index (χ2v) is 7.64. The van der Waals surface area contributed by atoms with E-state index in [1.165, 1.54) is 36.4 Å². The zero-order valence-corrected chi connectivity index (χ0v) is 17.6. The molecule has 0 aliphatic carbocycles. The second-order valence-electron chi connectivity index (χ2n) is 7.64. The predicted octanol–water partition coefficient (Wildman–Crippen LogP) is 6.26. The molecule has 0 fully saturated rings. The Hall–Kier alpha value is -3.41. The summed E-state index contributed by atoms with van der Waals surface area (Å²) in [5, 5.41) is 0. The number of rotatable bonds is 3. The average Bonchev–Trinajstić information content (AvgIpc) is 2.80. The Bertz CT molecular complexity index is 1200. The van der Waals surface area contributed by atoms with Crippen LogP contribution in [-0.2, 0) is 20.4 Å². The van der Waals surface area contributed by atoms with Crippen LogP contribution in [0, 0.1) is 0 Å². The molecule has 2 aromatic rings. The summed E-state index contributed by atoms with van der Waals surface area (Å²) >= 11 is 0. The number of esters is 1. The lowest BCUT2D eigenvalue weighted by Gasteiger charge is -2.46. The van der Waals surface area contributed by atoms with E-state index in [1.807, 2.05) is 0 Å². The van der Waals surface area contributed by atoms with E-state index in [0.29, 0.717) is 17.0 Å². The Morgan fingerprint density at radius 1 is 0.943 bits per heavy atom. The Kier molecular flexibility index (Phi) is 5.90. The molecule has 0 N–H and O–H groups in total. The molecule has 2 aliphatic heterocycles. The van der Waals surface area contributed by atoms with Crippen molar-refractivity contribution in [3.63, 3.8) is 0 Å². The van der Waals surface area contributed by atoms with Gasteiger partial charge >= 0.3 is 24.2 Å². The number of benzene rings is 2. The van der Waals surface area contributed by atoms with Crippen LogP contribution in [0.1, 0.15) is 22.8 Å². The van der Waals surface area contributed by atoms with Crippen LogP contribution in [0.25, 0.3) is 6.08 Å². The first-order valence-electron chi connectivity index (χ1n) is 9.94. The number of carbonyl (C=O) groups excluding carboxylic acids is 1. The summed E-state index contributed by atoms with van der Waals surface area (Å²) in [6.07, 6.45) is -11.6. The van der Waals surface area contributed by atoms with E-state index in [-0.39, 0.29) is 16.8 Å². The number of allylic oxidation sites excluding steroid dienone is 1. The van der Waals surface area contributed by atoms with Crippen molar-refractivity contribution in [3.05, 3.63) is 82.6 Å². The molecule has 2 heterocycles. The highest BCUT2D eigenvalue weighted by atomic mass is 19.4. The van der Waals surface area contributed by atoms with Crippen LogP contribution in [0.5, 0.6) is 0 Å². The van der Waals surface area contributed by atoms with Crippen molar-refractivity contribution in [2.45, 2.75) is 30.6 Å². The van der Waals surface area contributed by atoms with Crippen molar-refractivity contribution in [1.29, 1.82) is 0 Å². The predicted molar refractivity (Wildman–Crippen MR) is 107 cm³/mol. The smallest absolute Gasteiger partial charge is 0.459 e. The van der Waals surface area contributed by atoms with Gasteiger partial charge in [-0.15, -0.1) is 0 Å². The summed E-state index contributed by atoms with van der Waals surface area (Å²) in [7, 11) is 0.776. The number of carbonyl (C=O) groups is 1. The molecule has 186 valence electrons. The first-order chi connectivity index (χ1) is 16.3. The summed E-state index contributed by atoms with van der Waals surface area (Å²) in [5.74, 6) is -7.11. The van der Waals surface area contributed by atoms with Crippen LogP contribution in [0.4, 0.5) is 40.8 Å². The van der Waals surface area contributed by atoms with Gasteiger partial charge < -0.3 is 14.4 Å². The first-order valence-corrected chi connectivity index (χ1v) is 9.94. The standard InChI is InChI=1S/C23H15F8NO3/c1-34-20(33)17-18(13-6-9-14(10-7-13)22(26,27)28)35-16-11-8-12-4-2-3-5-15(12)32(16)19(17)21(24,25)23(29,30)31/h2-11,16,18H,1H3/t16-,18+/m1/s1. The van der Waals surface area contributed by atoms with Gasteiger partial charge in [-0.05, 0) is 35.4 Å². The fraction of sp³-hybridized carbons (Fsp3) is 0.261. The van der Waals surface area contributed by atoms with Crippen LogP contribution in [-0.4, -0.2) is 31.4 Å². The highest BCUT2D eigenvalue weighted by molar-refractivity contribution is 5.93. The molecule has 12 heteroatoms. The number of anilines is 1. The molecule has 4 nitrogen and oxygen atoms in total. The molecule has 0 aromatic heterocycles. The Morgan fingerprint density at radius 3 is 2.14 bits per heavy atom. The number of hydrogen-bond acceptors (Lipinski definition) is 4. The van der Waals surface area contributed by atoms with Gasteiger partial charge in [-0.25, -0.2) is 4.79 Å². The Labute approximate surface area is 193 Å². The molecule has 2 aromatic carbocycles. The van der Waals surface area contributed by atoms with Gasteiger partial charge in [0.05, 0.1) is 23.9 Å². The van der Waals surface area contributed by atoms with Crippen molar-refractivity contribution >= 4 is 17.7 Å². The number of methoxy groups -OCH3 is 1. The maximum absolute atomic E-state index is 15.1. The minimum absolute atomic E-state index is 0.0915. The molecule has 0 saturated heterocycles. The maximum atomic E-state index is 15.1. The van der Waals surface area contributed by atoms with Gasteiger partial charge in [-0.2, -0.15) is 35.1 Å². The lowest BCUT2D eigenvalue weighted by atomic mass is 9.91. The zero-order valence-electron chi connectivity index (χ0n) is 17.6. The van der Waals surface area contributed by atoms with Gasteiger partial charge in [-0.1, -0.05) is 36.4 Å². The third kappa shape index (κ3) is 4.15. The average molecular weight is 505 g/mol. The molecular weight excluding hydrogens is 490 g/mol. The van der Waals surface area contributed by atoms with Gasteiger partial charge in [0.1, 0.15) is 11.8 Å². The molecular formula is C23H15F8NO3. The van der Waals surface area contributed by atoms with Crippen molar-refractivity contribution in [2.75, 3.05) is 12.0 Å². The van der Waals surface area contributed by atoms with Crippen molar-refractivity contribution < 1.29 is 49.4 Å². The summed E-state index contributed by atoms with van der Waals surface area (Å²) in [4.78, 5) is 13.2. The van der Waals surface area contributed by atoms with E-state index in [4.69, 9.17) is 4.74 Å². The van der Waals surface area contributed by atoms with Crippen molar-refractivity contribution in [3.8, 4) is 0 Å². The van der Waals surface area contributed by atoms with Crippen LogP contribution in [0.3, 0.4) is 0 Å². The van der Waals surface area contributed by atoms with E-state index in [0.717, 1.165) is 19.2 Å². The molecule has 0 radical (unpaired) electrons. The lowest BCUT2D eigenvalue weighted by Crippen LogP contribution is -2.54. The summed E-state index contributed by atoms with van der Waals surface area (Å²) in [6.45, 7) is 0. The quantitative estimate of drug-likeness (QED) is 0.365. The molecule has 0 saturated carbocycles. The molecule has 0 bridgehead atoms. The first kappa shape index (κ1) is 24.7. The van der Waals surface area contributed by atoms with E-state index in [9.17, 15) is 31.1 Å². The minimum atomic E-state index is -6.12. The molecule has 2 atom stereocenters. The van der Waals surface area contributed by atoms with Gasteiger partial charge in [0.25, 0.3) is 0 Å². The monoisotopic (exact) mass is 505 g/mol. The van der Waals surface area contributed by atoms with Crippen molar-refractivity contribution in [2.24, 2.45) is 0 Å². The summed E-state index contributed by atoms with van der Waals surface area (Å²) < 4.78 is 120. The zero-order chi connectivity index (χ0) is 25.8. The third-order valence-corrected chi connectivity index (χ3v) is 5.52. The molecule has 0 spiro atoms. The van der Waals surface area contributed by atoms with E-state index < -0.39 is 53.4 Å². The normalized spacial score (nSPS) is 20.4. The Morgan fingerprint density at radius 2 is 1.57 bits per heavy atom. The highest BCUT2D eigenvalue weighted by Gasteiger charge is 2.65. The summed E-state index contributed by atoms with van der Waals surface area (Å²) in [5.41, 5.74) is -4.06. The number of alkyl halides is 8. The number of ether oxygens (including phenoxy) is 2. The van der Waals surface area contributed by atoms with E-state index in [1.54, 1.807) is 0 Å². The van der Waals surface area contributed by atoms with Crippen LogP contribution in [0.2, 0.25) is 0 Å². The molecule has 4 rings (SSSR count). The summed E-state index contributed by atoms with van der Waals surface area (Å²) in [6, 6.07) is 8.57. The largest absolute Gasteiger partial charge is 0.466 e. The minimum Gasteiger partial charge on any atom is -0.466 e. The highest BCUT2D eigenvalue weighted by Crippen LogP contribution is 2.52. The van der Waals surface area contributed by atoms with Gasteiger partial charge in [0, 0.05) is 0 Å². The SMILES string of the molecule is COC(=O)C1=C(C(F)(F)C(F)(F)F)N2c3ccccc3C=C[C@H]2O[C@H]1c1ccc(C(F)(F)F)cc1. The number of hydrogen-bond donors (Lipinski definition) is 0. The Balaban J connectivity index is 2.00. The third-order valence-electron chi connectivity index (χ3n) is 5.52. The fourth-order valence-electron chi connectivity index (χ4n) is 3.93. The van der Waals surface area contributed by atoms with Crippen LogP contribution in [0.15, 0.2) is 65.9 Å². The van der Waals surface area contributed by atoms with Gasteiger partial charge in [0.2, 0.25) is 0 Å². The maximum Gasteiger partial charge on any atom is 0.459 e. The molecule has 2 aliphatic rings. The van der Waals surface area contributed by atoms with Crippen molar-refractivity contribution in [1.82, 2.24) is 0 Å². The van der Waals surface area contributed by atoms with Crippen LogP contribution >= 0.6 is 0 Å². The number of halogens is 8. The number of nitrogens with zero attached hydrogens (tertiary/aromatic N) is 1. The molecule has 35 heavy (non-hydrogen) atoms. The van der Waals surface area contributed by atoms with Gasteiger partial charge in [0.15, 0.2) is 6.23 Å². The lowest BCUT2D eigenvalue weighted by molar-refractivity contribution is -0.267. The van der Waals surface area contributed by atoms with E-state index >= 15 is 8.78 Å². The second kappa shape index (κ2) is 8.36. The molecule has 0 unspecified atom stereocenters. The fourth-order valence-corrected chi connectivity index (χ4v) is 3.93. The van der Waals surface area contributed by atoms with E-state index in [2.05, 4.69) is 4.74 Å². The number of para-hydroxylation sites is 1. The van der Waals surface area contributed by atoms with Gasteiger partial charge in [-0.3, -0.25) is 0 Å².